The van der Waals surface area contributed by atoms with E-state index in [-0.39, 0.29) is 23.6 Å². The highest BCUT2D eigenvalue weighted by Crippen LogP contribution is 2.39. The highest BCUT2D eigenvalue weighted by atomic mass is 32.1. The Labute approximate surface area is 194 Å². The molecule has 0 spiro atoms. The first kappa shape index (κ1) is 21.0. The Balaban J connectivity index is 1.66. The highest BCUT2D eigenvalue weighted by molar-refractivity contribution is 7.80. The van der Waals surface area contributed by atoms with Crippen LogP contribution >= 0.6 is 12.2 Å². The molecule has 1 aliphatic heterocycles. The Hall–Kier alpha value is -3.91. The van der Waals surface area contributed by atoms with Crippen molar-refractivity contribution in [2.45, 2.75) is 13.0 Å². The van der Waals surface area contributed by atoms with Gasteiger partial charge in [0.05, 0.1) is 17.3 Å². The first-order valence-corrected chi connectivity index (χ1v) is 10.6. The van der Waals surface area contributed by atoms with Crippen LogP contribution in [0.25, 0.3) is 17.0 Å². The Morgan fingerprint density at radius 1 is 0.939 bits per heavy atom. The summed E-state index contributed by atoms with van der Waals surface area (Å²) < 4.78 is 33.3. The fraction of sp³-hybridized carbons (Fsp3) is 0.0800. The van der Waals surface area contributed by atoms with Crippen LogP contribution in [0, 0.1) is 11.6 Å². The average Bonchev–Trinajstić information content (AvgIpc) is 3.29. The van der Waals surface area contributed by atoms with E-state index in [1.807, 2.05) is 37.3 Å². The Morgan fingerprint density at radius 2 is 1.67 bits per heavy atom. The van der Waals surface area contributed by atoms with Crippen LogP contribution in [0.5, 0.6) is 0 Å². The molecule has 1 atom stereocenters. The number of nitrogens with zero attached hydrogens (tertiary/aromatic N) is 3. The third kappa shape index (κ3) is 4.01. The molecule has 0 amide bonds. The van der Waals surface area contributed by atoms with E-state index in [1.165, 1.54) is 24.3 Å². The Morgan fingerprint density at radius 3 is 2.39 bits per heavy atom. The molecule has 5 rings (SSSR count). The number of nitrogens with one attached hydrogen (secondary N) is 1. The molecule has 1 aromatic heterocycles. The third-order valence-corrected chi connectivity index (χ3v) is 5.72. The van der Waals surface area contributed by atoms with Gasteiger partial charge < -0.3 is 9.84 Å². The largest absolute Gasteiger partial charge is 0.351 e. The van der Waals surface area contributed by atoms with Crippen LogP contribution in [0.3, 0.4) is 0 Å². The number of anilines is 1. The summed E-state index contributed by atoms with van der Waals surface area (Å²) in [6.07, 6.45) is 0. The van der Waals surface area contributed by atoms with Crippen LogP contribution in [0.15, 0.2) is 89.1 Å². The molecule has 0 bridgehead atoms. The smallest absolute Gasteiger partial charge is 0.258 e. The summed E-state index contributed by atoms with van der Waals surface area (Å²) >= 11 is 5.66. The van der Waals surface area contributed by atoms with Crippen LogP contribution in [0.1, 0.15) is 24.4 Å². The minimum Gasteiger partial charge on any atom is -0.351 e. The van der Waals surface area contributed by atoms with E-state index < -0.39 is 5.82 Å². The molecule has 5 nitrogen and oxygen atoms in total. The van der Waals surface area contributed by atoms with Gasteiger partial charge in [-0.2, -0.15) is 4.98 Å². The van der Waals surface area contributed by atoms with E-state index in [0.29, 0.717) is 27.6 Å². The summed E-state index contributed by atoms with van der Waals surface area (Å²) in [5.41, 5.74) is 3.42. The Kier molecular flexibility index (Phi) is 5.43. The van der Waals surface area contributed by atoms with Crippen molar-refractivity contribution in [3.8, 4) is 11.4 Å². The zero-order valence-electron chi connectivity index (χ0n) is 17.5. The van der Waals surface area contributed by atoms with Gasteiger partial charge in [-0.3, -0.25) is 4.90 Å². The minimum absolute atomic E-state index is 0.261. The molecule has 33 heavy (non-hydrogen) atoms. The van der Waals surface area contributed by atoms with Crippen molar-refractivity contribution in [2.75, 3.05) is 4.90 Å². The molecule has 8 heteroatoms. The lowest BCUT2D eigenvalue weighted by atomic mass is 9.94. The molecule has 3 aromatic carbocycles. The summed E-state index contributed by atoms with van der Waals surface area (Å²) in [6, 6.07) is 21.5. The number of hydrogen-bond donors (Lipinski definition) is 1. The lowest BCUT2D eigenvalue weighted by Gasteiger charge is -2.37. The fourth-order valence-corrected chi connectivity index (χ4v) is 4.28. The fourth-order valence-electron chi connectivity index (χ4n) is 3.92. The number of benzene rings is 3. The predicted molar refractivity (Wildman–Crippen MR) is 126 cm³/mol. The van der Waals surface area contributed by atoms with Crippen molar-refractivity contribution in [3.05, 3.63) is 108 Å². The normalized spacial score (nSPS) is 16.2. The van der Waals surface area contributed by atoms with Gasteiger partial charge in [0.2, 0.25) is 5.82 Å². The molecule has 0 saturated heterocycles. The summed E-state index contributed by atoms with van der Waals surface area (Å²) in [5, 5.41) is 7.81. The van der Waals surface area contributed by atoms with Gasteiger partial charge in [0, 0.05) is 11.3 Å². The molecule has 0 aliphatic carbocycles. The second-order valence-corrected chi connectivity index (χ2v) is 7.93. The van der Waals surface area contributed by atoms with E-state index >= 15 is 0 Å². The predicted octanol–water partition coefficient (Wildman–Crippen LogP) is 5.88. The van der Waals surface area contributed by atoms with Crippen molar-refractivity contribution in [2.24, 2.45) is 0 Å². The van der Waals surface area contributed by atoms with Crippen LogP contribution in [-0.2, 0) is 0 Å². The molecule has 4 aromatic rings. The minimum atomic E-state index is -0.390. The van der Waals surface area contributed by atoms with Crippen molar-refractivity contribution in [1.82, 2.24) is 15.5 Å². The van der Waals surface area contributed by atoms with Crippen LogP contribution in [0.4, 0.5) is 14.5 Å². The summed E-state index contributed by atoms with van der Waals surface area (Å²) in [7, 11) is 0. The van der Waals surface area contributed by atoms with Gasteiger partial charge in [-0.05, 0) is 55.0 Å². The van der Waals surface area contributed by atoms with Crippen LogP contribution < -0.4 is 10.2 Å². The number of thiocarbonyl (C=S) groups is 1. The third-order valence-electron chi connectivity index (χ3n) is 5.42. The molecule has 0 fully saturated rings. The number of aromatic nitrogens is 2. The Bertz CT molecular complexity index is 1370. The second kappa shape index (κ2) is 8.55. The average molecular weight is 461 g/mol. The van der Waals surface area contributed by atoms with Gasteiger partial charge in [0.1, 0.15) is 11.6 Å². The van der Waals surface area contributed by atoms with Crippen molar-refractivity contribution >= 4 is 28.6 Å². The topological polar surface area (TPSA) is 54.2 Å². The lowest BCUT2D eigenvalue weighted by Crippen LogP contribution is -2.46. The molecule has 1 unspecified atom stereocenters. The molecule has 0 saturated carbocycles. The van der Waals surface area contributed by atoms with Crippen LogP contribution in [0.2, 0.25) is 0 Å². The van der Waals surface area contributed by atoms with Gasteiger partial charge in [-0.1, -0.05) is 53.7 Å². The number of hydrogen-bond acceptors (Lipinski definition) is 4. The zero-order valence-corrected chi connectivity index (χ0v) is 18.3. The van der Waals surface area contributed by atoms with E-state index in [0.717, 1.165) is 5.56 Å². The summed E-state index contributed by atoms with van der Waals surface area (Å²) in [4.78, 5) is 6.29. The van der Waals surface area contributed by atoms with Gasteiger partial charge in [0.25, 0.3) is 5.89 Å². The highest BCUT2D eigenvalue weighted by Gasteiger charge is 2.34. The molecule has 1 aliphatic rings. The maximum absolute atomic E-state index is 14.0. The summed E-state index contributed by atoms with van der Waals surface area (Å²) in [5.74, 6) is -0.238. The number of rotatable bonds is 4. The molecule has 0 radical (unpaired) electrons. The standard InChI is InChI=1S/C25H18F2N4OS/c1-15-21(24-29-23(30-32-24)17-9-5-10-18(26)13-17)22(16-7-3-2-4-8-16)28-25(33)31(15)20-12-6-11-19(27)14-20/h2-14,22H,1H3,(H,28,33). The maximum atomic E-state index is 14.0. The van der Waals surface area contributed by atoms with Gasteiger partial charge in [-0.15, -0.1) is 0 Å². The zero-order chi connectivity index (χ0) is 22.9. The number of halogens is 2. The second-order valence-electron chi connectivity index (χ2n) is 7.54. The molecule has 1 N–H and O–H groups in total. The van der Waals surface area contributed by atoms with Crippen molar-refractivity contribution in [1.29, 1.82) is 0 Å². The van der Waals surface area contributed by atoms with Crippen molar-refractivity contribution < 1.29 is 13.3 Å². The SMILES string of the molecule is CC1=C(c2nc(-c3cccc(F)c3)no2)C(c2ccccc2)NC(=S)N1c1cccc(F)c1. The first-order valence-electron chi connectivity index (χ1n) is 10.2. The van der Waals surface area contributed by atoms with E-state index in [4.69, 9.17) is 16.7 Å². The van der Waals surface area contributed by atoms with E-state index in [1.54, 1.807) is 29.2 Å². The molecular formula is C25H18F2N4OS. The molecular weight excluding hydrogens is 442 g/mol. The first-order chi connectivity index (χ1) is 16.0. The molecule has 164 valence electrons. The lowest BCUT2D eigenvalue weighted by molar-refractivity contribution is 0.404. The quantitative estimate of drug-likeness (QED) is 0.384. The van der Waals surface area contributed by atoms with Crippen LogP contribution in [-0.4, -0.2) is 15.3 Å². The van der Waals surface area contributed by atoms with Gasteiger partial charge in [0.15, 0.2) is 5.11 Å². The monoisotopic (exact) mass is 460 g/mol. The van der Waals surface area contributed by atoms with E-state index in [9.17, 15) is 8.78 Å². The van der Waals surface area contributed by atoms with Crippen molar-refractivity contribution in [3.63, 3.8) is 0 Å². The summed E-state index contributed by atoms with van der Waals surface area (Å²) in [6.45, 7) is 1.87. The van der Waals surface area contributed by atoms with Gasteiger partial charge >= 0.3 is 0 Å². The van der Waals surface area contributed by atoms with E-state index in [2.05, 4.69) is 15.5 Å². The van der Waals surface area contributed by atoms with Gasteiger partial charge in [-0.25, -0.2) is 8.78 Å². The maximum Gasteiger partial charge on any atom is 0.258 e. The molecule has 2 heterocycles. The number of allylic oxidation sites excluding steroid dienone is 1.